The van der Waals surface area contributed by atoms with Crippen molar-refractivity contribution in [1.82, 2.24) is 9.80 Å². The molecule has 1 saturated heterocycles. The molecule has 4 heteroatoms. The van der Waals surface area contributed by atoms with Gasteiger partial charge in [-0.1, -0.05) is 30.3 Å². The maximum absolute atomic E-state index is 12.3. The average Bonchev–Trinajstić information content (AvgIpc) is 3.30. The Balaban J connectivity index is 1.55. The first kappa shape index (κ1) is 15.5. The van der Waals surface area contributed by atoms with E-state index in [1.165, 1.54) is 0 Å². The van der Waals surface area contributed by atoms with Gasteiger partial charge in [0.25, 0.3) is 0 Å². The molecule has 1 N–H and O–H groups in total. The monoisotopic (exact) mass is 302 g/mol. The van der Waals surface area contributed by atoms with Crippen molar-refractivity contribution in [3.8, 4) is 0 Å². The van der Waals surface area contributed by atoms with Crippen molar-refractivity contribution in [3.63, 3.8) is 0 Å². The van der Waals surface area contributed by atoms with Crippen molar-refractivity contribution in [2.45, 2.75) is 50.3 Å². The summed E-state index contributed by atoms with van der Waals surface area (Å²) in [5, 5.41) is 10.4. The summed E-state index contributed by atoms with van der Waals surface area (Å²) in [5.74, 6) is 0.226. The molecule has 0 spiro atoms. The number of nitrogens with zero attached hydrogens (tertiary/aromatic N) is 2. The van der Waals surface area contributed by atoms with Gasteiger partial charge < -0.3 is 10.0 Å². The molecule has 2 aliphatic rings. The predicted octanol–water partition coefficient (Wildman–Crippen LogP) is 2.20. The van der Waals surface area contributed by atoms with E-state index in [2.05, 4.69) is 4.90 Å². The standard InChI is InChI=1S/C18H26N2O2/c1-19(15-9-10-15)18(22)13-20-11-5-8-16(20)12-17(21)14-6-3-2-4-7-14/h2-4,6-7,15-17,21H,5,8-13H2,1H3. The Morgan fingerprint density at radius 1 is 1.32 bits per heavy atom. The van der Waals surface area contributed by atoms with E-state index in [1.807, 2.05) is 42.3 Å². The molecule has 0 bridgehead atoms. The van der Waals surface area contributed by atoms with Crippen LogP contribution in [0.4, 0.5) is 0 Å². The van der Waals surface area contributed by atoms with Crippen molar-refractivity contribution in [2.24, 2.45) is 0 Å². The van der Waals surface area contributed by atoms with Gasteiger partial charge in [0.2, 0.25) is 5.91 Å². The summed E-state index contributed by atoms with van der Waals surface area (Å²) in [6, 6.07) is 10.6. The number of hydrogen-bond acceptors (Lipinski definition) is 3. The van der Waals surface area contributed by atoms with Gasteiger partial charge in [-0.2, -0.15) is 0 Å². The van der Waals surface area contributed by atoms with Crippen LogP contribution >= 0.6 is 0 Å². The molecule has 1 aromatic rings. The zero-order valence-corrected chi connectivity index (χ0v) is 13.3. The summed E-state index contributed by atoms with van der Waals surface area (Å²) >= 11 is 0. The second-order valence-electron chi connectivity index (χ2n) is 6.66. The van der Waals surface area contributed by atoms with Crippen LogP contribution in [0, 0.1) is 0 Å². The molecular weight excluding hydrogens is 276 g/mol. The number of amides is 1. The highest BCUT2D eigenvalue weighted by atomic mass is 16.3. The van der Waals surface area contributed by atoms with Crippen molar-refractivity contribution in [3.05, 3.63) is 35.9 Å². The van der Waals surface area contributed by atoms with Gasteiger partial charge in [-0.3, -0.25) is 9.69 Å². The van der Waals surface area contributed by atoms with Gasteiger partial charge in [0.15, 0.2) is 0 Å². The Morgan fingerprint density at radius 2 is 2.05 bits per heavy atom. The fourth-order valence-electron chi connectivity index (χ4n) is 3.39. The van der Waals surface area contributed by atoms with Crippen LogP contribution in [0.25, 0.3) is 0 Å². The largest absolute Gasteiger partial charge is 0.388 e. The minimum atomic E-state index is -0.442. The molecule has 2 fully saturated rings. The lowest BCUT2D eigenvalue weighted by Gasteiger charge is -2.28. The van der Waals surface area contributed by atoms with Gasteiger partial charge in [-0.15, -0.1) is 0 Å². The number of benzene rings is 1. The first-order chi connectivity index (χ1) is 10.6. The molecule has 1 aromatic carbocycles. The van der Waals surface area contributed by atoms with Crippen molar-refractivity contribution in [1.29, 1.82) is 0 Å². The second-order valence-corrected chi connectivity index (χ2v) is 6.66. The number of aliphatic hydroxyl groups is 1. The fraction of sp³-hybridized carbons (Fsp3) is 0.611. The molecule has 22 heavy (non-hydrogen) atoms. The van der Waals surface area contributed by atoms with Crippen molar-refractivity contribution < 1.29 is 9.90 Å². The summed E-state index contributed by atoms with van der Waals surface area (Å²) < 4.78 is 0. The molecule has 2 unspecified atom stereocenters. The molecule has 1 saturated carbocycles. The topological polar surface area (TPSA) is 43.8 Å². The molecule has 3 rings (SSSR count). The van der Waals surface area contributed by atoms with Crippen LogP contribution in [-0.4, -0.2) is 53.0 Å². The van der Waals surface area contributed by atoms with E-state index in [0.29, 0.717) is 25.0 Å². The lowest BCUT2D eigenvalue weighted by molar-refractivity contribution is -0.132. The zero-order chi connectivity index (χ0) is 15.5. The highest BCUT2D eigenvalue weighted by molar-refractivity contribution is 5.78. The average molecular weight is 302 g/mol. The predicted molar refractivity (Wildman–Crippen MR) is 86.4 cm³/mol. The minimum Gasteiger partial charge on any atom is -0.388 e. The van der Waals surface area contributed by atoms with Gasteiger partial charge in [0.05, 0.1) is 12.6 Å². The van der Waals surface area contributed by atoms with Crippen LogP contribution in [0.3, 0.4) is 0 Å². The lowest BCUT2D eigenvalue weighted by atomic mass is 10.0. The molecule has 120 valence electrons. The molecular formula is C18H26N2O2. The third-order valence-electron chi connectivity index (χ3n) is 5.01. The molecule has 1 heterocycles. The normalized spacial score (nSPS) is 23.5. The van der Waals surface area contributed by atoms with E-state index >= 15 is 0 Å². The van der Waals surface area contributed by atoms with Crippen LogP contribution in [0.15, 0.2) is 30.3 Å². The van der Waals surface area contributed by atoms with Gasteiger partial charge in [-0.25, -0.2) is 0 Å². The molecule has 0 radical (unpaired) electrons. The van der Waals surface area contributed by atoms with Crippen LogP contribution < -0.4 is 0 Å². The minimum absolute atomic E-state index is 0.226. The Hall–Kier alpha value is -1.39. The van der Waals surface area contributed by atoms with E-state index in [4.69, 9.17) is 0 Å². The van der Waals surface area contributed by atoms with Gasteiger partial charge in [-0.05, 0) is 44.2 Å². The van der Waals surface area contributed by atoms with Crippen molar-refractivity contribution in [2.75, 3.05) is 20.1 Å². The smallest absolute Gasteiger partial charge is 0.236 e. The lowest BCUT2D eigenvalue weighted by Crippen LogP contribution is -2.41. The molecule has 1 aliphatic heterocycles. The molecule has 0 aromatic heterocycles. The summed E-state index contributed by atoms with van der Waals surface area (Å²) in [4.78, 5) is 16.5. The Morgan fingerprint density at radius 3 is 2.73 bits per heavy atom. The molecule has 2 atom stereocenters. The number of carbonyl (C=O) groups is 1. The number of carbonyl (C=O) groups excluding carboxylic acids is 1. The maximum atomic E-state index is 12.3. The maximum Gasteiger partial charge on any atom is 0.236 e. The van der Waals surface area contributed by atoms with E-state index in [1.54, 1.807) is 0 Å². The third kappa shape index (κ3) is 3.68. The Labute approximate surface area is 132 Å². The number of aliphatic hydroxyl groups excluding tert-OH is 1. The number of rotatable bonds is 6. The molecule has 1 aliphatic carbocycles. The van der Waals surface area contributed by atoms with Gasteiger partial charge in [0.1, 0.15) is 0 Å². The van der Waals surface area contributed by atoms with Gasteiger partial charge >= 0.3 is 0 Å². The zero-order valence-electron chi connectivity index (χ0n) is 13.3. The third-order valence-corrected chi connectivity index (χ3v) is 5.01. The summed E-state index contributed by atoms with van der Waals surface area (Å²) in [5.41, 5.74) is 0.968. The highest BCUT2D eigenvalue weighted by Crippen LogP contribution is 2.29. The van der Waals surface area contributed by atoms with E-state index < -0.39 is 6.10 Å². The first-order valence-corrected chi connectivity index (χ1v) is 8.38. The van der Waals surface area contributed by atoms with Crippen LogP contribution in [0.1, 0.15) is 43.8 Å². The van der Waals surface area contributed by atoms with Crippen LogP contribution in [-0.2, 0) is 4.79 Å². The number of likely N-dealkylation sites (N-methyl/N-ethyl adjacent to an activating group) is 1. The SMILES string of the molecule is CN(C(=O)CN1CCCC1CC(O)c1ccccc1)C1CC1. The van der Waals surface area contributed by atoms with E-state index in [-0.39, 0.29) is 5.91 Å². The van der Waals surface area contributed by atoms with Crippen LogP contribution in [0.2, 0.25) is 0 Å². The number of likely N-dealkylation sites (tertiary alicyclic amines) is 1. The fourth-order valence-corrected chi connectivity index (χ4v) is 3.39. The molecule has 1 amide bonds. The van der Waals surface area contributed by atoms with Crippen LogP contribution in [0.5, 0.6) is 0 Å². The Kier molecular flexibility index (Phi) is 4.79. The van der Waals surface area contributed by atoms with Gasteiger partial charge in [0, 0.05) is 19.1 Å². The number of hydrogen-bond donors (Lipinski definition) is 1. The highest BCUT2D eigenvalue weighted by Gasteiger charge is 2.33. The van der Waals surface area contributed by atoms with E-state index in [0.717, 1.165) is 37.8 Å². The second kappa shape index (κ2) is 6.80. The summed E-state index contributed by atoms with van der Waals surface area (Å²) in [7, 11) is 1.92. The van der Waals surface area contributed by atoms with E-state index in [9.17, 15) is 9.90 Å². The summed E-state index contributed by atoms with van der Waals surface area (Å²) in [6.07, 6.45) is 4.76. The quantitative estimate of drug-likeness (QED) is 0.876. The first-order valence-electron chi connectivity index (χ1n) is 8.38. The summed E-state index contributed by atoms with van der Waals surface area (Å²) in [6.45, 7) is 1.47. The van der Waals surface area contributed by atoms with Crippen molar-refractivity contribution >= 4 is 5.91 Å². The Bertz CT molecular complexity index is 501. The molecule has 4 nitrogen and oxygen atoms in total.